The number of thioether (sulfide) groups is 1. The zero-order valence-electron chi connectivity index (χ0n) is 15.1. The monoisotopic (exact) mass is 507 g/mol. The highest BCUT2D eigenvalue weighted by Gasteiger charge is 2.32. The highest BCUT2D eigenvalue weighted by molar-refractivity contribution is 9.10. The summed E-state index contributed by atoms with van der Waals surface area (Å²) in [7, 11) is 0. The first kappa shape index (κ1) is 21.9. The van der Waals surface area contributed by atoms with Crippen molar-refractivity contribution in [3.8, 4) is 5.75 Å². The number of non-ortho nitro benzene ring substituents is 1. The average molecular weight is 508 g/mol. The zero-order chi connectivity index (χ0) is 21.8. The summed E-state index contributed by atoms with van der Waals surface area (Å²) in [5, 5.41) is 21.6. The molecule has 0 bridgehead atoms. The molecule has 0 aromatic heterocycles. The van der Waals surface area contributed by atoms with Gasteiger partial charge in [-0.05, 0) is 42.0 Å². The van der Waals surface area contributed by atoms with E-state index in [0.717, 1.165) is 26.7 Å². The van der Waals surface area contributed by atoms with Crippen LogP contribution in [0.1, 0.15) is 11.1 Å². The van der Waals surface area contributed by atoms with Crippen LogP contribution in [0.5, 0.6) is 5.75 Å². The van der Waals surface area contributed by atoms with Crippen molar-refractivity contribution in [3.05, 3.63) is 73.1 Å². The van der Waals surface area contributed by atoms with E-state index in [9.17, 15) is 24.8 Å². The number of ether oxygens (including phenoxy) is 1. The molecule has 0 radical (unpaired) electrons. The van der Waals surface area contributed by atoms with Crippen molar-refractivity contribution < 1.29 is 24.4 Å². The molecule has 0 spiro atoms. The number of thiocarbonyl (C=S) groups is 1. The Bertz CT molecular complexity index is 1070. The number of carbonyl (C=O) groups excluding carboxylic acids is 2. The minimum absolute atomic E-state index is 0.0123. The minimum atomic E-state index is -1.40. The van der Waals surface area contributed by atoms with Crippen molar-refractivity contribution in [1.82, 2.24) is 4.90 Å². The van der Waals surface area contributed by atoms with Crippen LogP contribution in [0.3, 0.4) is 0 Å². The van der Waals surface area contributed by atoms with E-state index < -0.39 is 23.3 Å². The lowest BCUT2D eigenvalue weighted by atomic mass is 10.1. The van der Waals surface area contributed by atoms with E-state index in [1.54, 1.807) is 36.4 Å². The fraction of sp³-hybridized carbons (Fsp3) is 0.105. The minimum Gasteiger partial charge on any atom is -0.548 e. The van der Waals surface area contributed by atoms with Crippen LogP contribution >= 0.6 is 39.9 Å². The molecular weight excluding hydrogens is 496 g/mol. The molecular formula is C19H12BrN2O6S2-. The molecule has 0 aliphatic carbocycles. The summed E-state index contributed by atoms with van der Waals surface area (Å²) in [6.45, 7) is -0.448. The number of hydrogen-bond acceptors (Lipinski definition) is 8. The first-order chi connectivity index (χ1) is 14.2. The third-order valence-corrected chi connectivity index (χ3v) is 5.83. The number of nitro benzene ring substituents is 1. The summed E-state index contributed by atoms with van der Waals surface area (Å²) in [5.41, 5.74) is 1.30. The number of hydrogen-bond donors (Lipinski definition) is 0. The number of carboxylic acid groups (broad SMARTS) is 1. The van der Waals surface area contributed by atoms with Crippen LogP contribution < -0.4 is 9.84 Å². The Labute approximate surface area is 188 Å². The Morgan fingerprint density at radius 1 is 1.27 bits per heavy atom. The van der Waals surface area contributed by atoms with Gasteiger partial charge < -0.3 is 14.6 Å². The second kappa shape index (κ2) is 9.37. The second-order valence-corrected chi connectivity index (χ2v) is 8.63. The van der Waals surface area contributed by atoms with Gasteiger partial charge in [0.15, 0.2) is 0 Å². The molecule has 30 heavy (non-hydrogen) atoms. The molecule has 1 heterocycles. The van der Waals surface area contributed by atoms with Crippen molar-refractivity contribution in [3.63, 3.8) is 0 Å². The number of benzene rings is 2. The smallest absolute Gasteiger partial charge is 0.269 e. The van der Waals surface area contributed by atoms with Crippen LogP contribution in [0.15, 0.2) is 51.8 Å². The van der Waals surface area contributed by atoms with Crippen LogP contribution in [0.4, 0.5) is 5.69 Å². The van der Waals surface area contributed by atoms with Gasteiger partial charge in [0, 0.05) is 22.2 Å². The predicted octanol–water partition coefficient (Wildman–Crippen LogP) is 2.89. The van der Waals surface area contributed by atoms with Crippen molar-refractivity contribution in [2.45, 2.75) is 6.61 Å². The van der Waals surface area contributed by atoms with E-state index in [1.165, 1.54) is 12.1 Å². The van der Waals surface area contributed by atoms with Gasteiger partial charge in [-0.25, -0.2) is 0 Å². The Kier molecular flexibility index (Phi) is 6.85. The van der Waals surface area contributed by atoms with Crippen molar-refractivity contribution in [2.75, 3.05) is 6.54 Å². The number of amides is 1. The maximum absolute atomic E-state index is 12.5. The van der Waals surface area contributed by atoms with Gasteiger partial charge in [0.1, 0.15) is 16.7 Å². The molecule has 1 amide bonds. The topological polar surface area (TPSA) is 113 Å². The molecule has 0 atom stereocenters. The average Bonchev–Trinajstić information content (AvgIpc) is 2.94. The molecule has 1 aliphatic heterocycles. The Hall–Kier alpha value is -2.76. The molecule has 154 valence electrons. The number of nitrogens with zero attached hydrogens (tertiary/aromatic N) is 2. The predicted molar refractivity (Wildman–Crippen MR) is 116 cm³/mol. The number of rotatable bonds is 7. The highest BCUT2D eigenvalue weighted by Crippen LogP contribution is 2.35. The molecule has 1 fully saturated rings. The molecule has 2 aromatic rings. The summed E-state index contributed by atoms with van der Waals surface area (Å²) in [5.74, 6) is -1.45. The van der Waals surface area contributed by atoms with E-state index in [2.05, 4.69) is 15.9 Å². The van der Waals surface area contributed by atoms with Gasteiger partial charge >= 0.3 is 0 Å². The lowest BCUT2D eigenvalue weighted by molar-refractivity contribution is -0.384. The van der Waals surface area contributed by atoms with Crippen LogP contribution in [-0.2, 0) is 16.2 Å². The lowest BCUT2D eigenvalue weighted by Crippen LogP contribution is -2.40. The van der Waals surface area contributed by atoms with E-state index in [4.69, 9.17) is 17.0 Å². The largest absolute Gasteiger partial charge is 0.548 e. The van der Waals surface area contributed by atoms with Gasteiger partial charge in [-0.15, -0.1) is 0 Å². The Morgan fingerprint density at radius 3 is 2.60 bits per heavy atom. The molecule has 0 saturated carbocycles. The molecule has 3 rings (SSSR count). The normalized spacial score (nSPS) is 15.0. The quantitative estimate of drug-likeness (QED) is 0.243. The third-order valence-electron chi connectivity index (χ3n) is 3.96. The Balaban J connectivity index is 1.81. The molecule has 1 aliphatic rings. The standard InChI is InChI=1S/C19H13BrN2O6S2/c20-13-3-6-15(28-10-11-1-4-14(5-2-11)22(26)27)12(7-13)8-16-18(25)21(9-17(23)24)19(29)30-16/h1-8H,9-10H2,(H,23,24)/p-1/b16-8+. The maximum atomic E-state index is 12.5. The summed E-state index contributed by atoms with van der Waals surface area (Å²) in [4.78, 5) is 34.8. The molecule has 0 N–H and O–H groups in total. The van der Waals surface area contributed by atoms with Gasteiger partial charge in [0.05, 0.1) is 22.3 Å². The van der Waals surface area contributed by atoms with E-state index in [1.807, 2.05) is 0 Å². The molecule has 0 unspecified atom stereocenters. The van der Waals surface area contributed by atoms with Crippen molar-refractivity contribution >= 4 is 67.9 Å². The van der Waals surface area contributed by atoms with Crippen molar-refractivity contribution in [1.29, 1.82) is 0 Å². The molecule has 1 saturated heterocycles. The summed E-state index contributed by atoms with van der Waals surface area (Å²) in [6.07, 6.45) is 1.57. The van der Waals surface area contributed by atoms with Crippen LogP contribution in [0, 0.1) is 10.1 Å². The van der Waals surface area contributed by atoms with Gasteiger partial charge in [0.2, 0.25) is 0 Å². The second-order valence-electron chi connectivity index (χ2n) is 6.03. The summed E-state index contributed by atoms with van der Waals surface area (Å²) in [6, 6.07) is 11.2. The summed E-state index contributed by atoms with van der Waals surface area (Å²) >= 11 is 9.45. The van der Waals surface area contributed by atoms with E-state index >= 15 is 0 Å². The number of aliphatic carboxylic acids is 1. The fourth-order valence-electron chi connectivity index (χ4n) is 2.55. The number of halogens is 1. The number of carbonyl (C=O) groups is 2. The zero-order valence-corrected chi connectivity index (χ0v) is 18.3. The molecule has 2 aromatic carbocycles. The van der Waals surface area contributed by atoms with E-state index in [-0.39, 0.29) is 21.5 Å². The van der Waals surface area contributed by atoms with Crippen molar-refractivity contribution in [2.24, 2.45) is 0 Å². The fourth-order valence-corrected chi connectivity index (χ4v) is 4.17. The Morgan fingerprint density at radius 2 is 1.97 bits per heavy atom. The van der Waals surface area contributed by atoms with Gasteiger partial charge in [-0.2, -0.15) is 0 Å². The maximum Gasteiger partial charge on any atom is 0.269 e. The number of nitro groups is 1. The lowest BCUT2D eigenvalue weighted by Gasteiger charge is -2.14. The number of carboxylic acids is 1. The molecule has 8 nitrogen and oxygen atoms in total. The van der Waals surface area contributed by atoms with Crippen LogP contribution in [0.2, 0.25) is 0 Å². The highest BCUT2D eigenvalue weighted by atomic mass is 79.9. The van der Waals surface area contributed by atoms with Gasteiger partial charge in [0.25, 0.3) is 11.6 Å². The van der Waals surface area contributed by atoms with Crippen LogP contribution in [0.25, 0.3) is 6.08 Å². The third kappa shape index (κ3) is 5.23. The first-order valence-corrected chi connectivity index (χ1v) is 10.4. The van der Waals surface area contributed by atoms with Gasteiger partial charge in [-0.1, -0.05) is 39.9 Å². The van der Waals surface area contributed by atoms with E-state index in [0.29, 0.717) is 11.3 Å². The molecule has 11 heteroatoms. The summed E-state index contributed by atoms with van der Waals surface area (Å²) < 4.78 is 6.73. The van der Waals surface area contributed by atoms with Crippen LogP contribution in [-0.4, -0.2) is 32.6 Å². The SMILES string of the molecule is O=C([O-])CN1C(=O)/C(=C\c2cc(Br)ccc2OCc2ccc([N+](=O)[O-])cc2)SC1=S. The van der Waals surface area contributed by atoms with Gasteiger partial charge in [-0.3, -0.25) is 19.8 Å². The first-order valence-electron chi connectivity index (χ1n) is 8.35.